The highest BCUT2D eigenvalue weighted by atomic mass is 16.3. The smallest absolute Gasteiger partial charge is 0.0711 e. The van der Waals surface area contributed by atoms with Gasteiger partial charge in [-0.2, -0.15) is 0 Å². The highest BCUT2D eigenvalue weighted by molar-refractivity contribution is 5.17. The molecule has 13 atom stereocenters. The number of hydrogen-bond acceptors (Lipinski definition) is 4. The van der Waals surface area contributed by atoms with Crippen molar-refractivity contribution in [1.29, 1.82) is 0 Å². The molecule has 6 rings (SSSR count). The van der Waals surface area contributed by atoms with Gasteiger partial charge >= 0.3 is 0 Å². The SMILES string of the molecule is C[C@@H]1CC[C@H]2[C@H](C)[C@H]3CC[C@@]4(O)C5C[C@@H](O)[C@H]6C[C@H](O)CC[C@]6(C)[C@H]5C[C@H]4[C@@H]3CN2C1. The maximum absolute atomic E-state index is 12.3. The minimum absolute atomic E-state index is 0.0760. The number of fused-ring (bicyclic) bond motifs is 8. The number of rotatable bonds is 0. The lowest BCUT2D eigenvalue weighted by Crippen LogP contribution is -2.62. The van der Waals surface area contributed by atoms with E-state index in [9.17, 15) is 15.3 Å². The van der Waals surface area contributed by atoms with Gasteiger partial charge in [-0.3, -0.25) is 4.90 Å². The second-order valence-corrected chi connectivity index (χ2v) is 13.3. The van der Waals surface area contributed by atoms with Crippen LogP contribution in [0.3, 0.4) is 0 Å². The van der Waals surface area contributed by atoms with E-state index < -0.39 is 5.60 Å². The van der Waals surface area contributed by atoms with Crippen LogP contribution in [0.1, 0.15) is 78.6 Å². The van der Waals surface area contributed by atoms with E-state index in [-0.39, 0.29) is 29.5 Å². The highest BCUT2D eigenvalue weighted by Crippen LogP contribution is 2.68. The summed E-state index contributed by atoms with van der Waals surface area (Å²) in [6, 6.07) is 0.760. The van der Waals surface area contributed by atoms with Crippen LogP contribution in [0.2, 0.25) is 0 Å². The van der Waals surface area contributed by atoms with Crippen molar-refractivity contribution < 1.29 is 15.3 Å². The Bertz CT molecular complexity index is 713. The third-order valence-electron chi connectivity index (χ3n) is 12.1. The Morgan fingerprint density at radius 2 is 1.58 bits per heavy atom. The van der Waals surface area contributed by atoms with Crippen molar-refractivity contribution in [1.82, 2.24) is 4.90 Å². The Labute approximate surface area is 188 Å². The van der Waals surface area contributed by atoms with E-state index in [0.717, 1.165) is 62.3 Å². The Morgan fingerprint density at radius 1 is 0.774 bits per heavy atom. The lowest BCUT2D eigenvalue weighted by Gasteiger charge is -2.59. The summed E-state index contributed by atoms with van der Waals surface area (Å²) in [5, 5.41) is 33.8. The van der Waals surface area contributed by atoms with Crippen LogP contribution in [0.5, 0.6) is 0 Å². The van der Waals surface area contributed by atoms with Crippen molar-refractivity contribution in [2.24, 2.45) is 52.8 Å². The molecule has 0 aromatic carbocycles. The fourth-order valence-electron chi connectivity index (χ4n) is 10.6. The number of piperidine rings is 2. The van der Waals surface area contributed by atoms with Crippen LogP contribution in [-0.2, 0) is 0 Å². The number of aliphatic hydroxyl groups is 3. The first kappa shape index (κ1) is 21.4. The van der Waals surface area contributed by atoms with Gasteiger partial charge in [0.2, 0.25) is 0 Å². The number of aliphatic hydroxyl groups excluding tert-OH is 2. The van der Waals surface area contributed by atoms with Gasteiger partial charge in [0.1, 0.15) is 0 Å². The summed E-state index contributed by atoms with van der Waals surface area (Å²) >= 11 is 0. The predicted molar refractivity (Wildman–Crippen MR) is 121 cm³/mol. The largest absolute Gasteiger partial charge is 0.393 e. The topological polar surface area (TPSA) is 63.9 Å². The van der Waals surface area contributed by atoms with Crippen LogP contribution in [-0.4, -0.2) is 57.2 Å². The number of hydrogen-bond donors (Lipinski definition) is 3. The zero-order valence-corrected chi connectivity index (χ0v) is 19.9. The summed E-state index contributed by atoms with van der Waals surface area (Å²) in [5.74, 6) is 4.30. The van der Waals surface area contributed by atoms with Crippen molar-refractivity contribution in [3.05, 3.63) is 0 Å². The molecule has 0 bridgehead atoms. The summed E-state index contributed by atoms with van der Waals surface area (Å²) in [7, 11) is 0. The molecule has 4 aliphatic carbocycles. The molecule has 2 saturated heterocycles. The van der Waals surface area contributed by atoms with Crippen LogP contribution < -0.4 is 0 Å². The maximum Gasteiger partial charge on any atom is 0.0711 e. The summed E-state index contributed by atoms with van der Waals surface area (Å²) in [6.07, 6.45) is 8.78. The van der Waals surface area contributed by atoms with Crippen LogP contribution in [0.25, 0.3) is 0 Å². The van der Waals surface area contributed by atoms with Gasteiger partial charge in [-0.15, -0.1) is 0 Å². The van der Waals surface area contributed by atoms with E-state index in [1.165, 1.54) is 32.4 Å². The molecule has 0 spiro atoms. The molecule has 31 heavy (non-hydrogen) atoms. The standard InChI is InChI=1S/C27H45NO3/c1-15-4-5-24-16(2)18-7-9-27(31)20(19(18)14-28(24)13-15)11-21-22(27)12-25(30)23-10-17(29)6-8-26(21,23)3/h15-25,29-31H,4-14H2,1-3H3/t15-,16-,17-,18-,19-,20+,21+,22?,23-,24+,25-,26-,27+/m1/s1. The van der Waals surface area contributed by atoms with Crippen molar-refractivity contribution in [3.63, 3.8) is 0 Å². The Morgan fingerprint density at radius 3 is 2.39 bits per heavy atom. The second-order valence-electron chi connectivity index (χ2n) is 13.3. The molecule has 4 saturated carbocycles. The molecule has 4 heteroatoms. The third-order valence-corrected chi connectivity index (χ3v) is 12.1. The number of nitrogens with zero attached hydrogens (tertiary/aromatic N) is 1. The molecule has 6 aliphatic rings. The first-order valence-electron chi connectivity index (χ1n) is 13.5. The van der Waals surface area contributed by atoms with Gasteiger partial charge in [-0.05, 0) is 111 Å². The predicted octanol–water partition coefficient (Wildman–Crippen LogP) is 3.68. The average molecular weight is 432 g/mol. The van der Waals surface area contributed by atoms with Crippen LogP contribution in [0.15, 0.2) is 0 Å². The van der Waals surface area contributed by atoms with Gasteiger partial charge in [0.15, 0.2) is 0 Å². The van der Waals surface area contributed by atoms with Gasteiger partial charge in [-0.1, -0.05) is 20.8 Å². The normalized spacial score (nSPS) is 61.5. The Balaban J connectivity index is 1.32. The molecule has 1 unspecified atom stereocenters. The summed E-state index contributed by atoms with van der Waals surface area (Å²) in [6.45, 7) is 9.76. The average Bonchev–Trinajstić information content (AvgIpc) is 3.03. The van der Waals surface area contributed by atoms with Crippen LogP contribution in [0, 0.1) is 52.8 Å². The molecule has 0 aromatic rings. The molecule has 0 aromatic heterocycles. The first-order chi connectivity index (χ1) is 14.7. The molecule has 2 aliphatic heterocycles. The first-order valence-corrected chi connectivity index (χ1v) is 13.5. The monoisotopic (exact) mass is 431 g/mol. The van der Waals surface area contributed by atoms with E-state index in [4.69, 9.17) is 0 Å². The Hall–Kier alpha value is -0.160. The van der Waals surface area contributed by atoms with Crippen LogP contribution in [0.4, 0.5) is 0 Å². The van der Waals surface area contributed by atoms with Crippen molar-refractivity contribution in [2.75, 3.05) is 13.1 Å². The van der Waals surface area contributed by atoms with Crippen LogP contribution >= 0.6 is 0 Å². The molecule has 3 N–H and O–H groups in total. The van der Waals surface area contributed by atoms with E-state index in [2.05, 4.69) is 25.7 Å². The minimum Gasteiger partial charge on any atom is -0.393 e. The third kappa shape index (κ3) is 2.93. The lowest BCUT2D eigenvalue weighted by molar-refractivity contribution is -0.176. The molecule has 2 heterocycles. The lowest BCUT2D eigenvalue weighted by atomic mass is 9.50. The van der Waals surface area contributed by atoms with Gasteiger partial charge < -0.3 is 15.3 Å². The minimum atomic E-state index is -0.579. The van der Waals surface area contributed by atoms with Gasteiger partial charge in [0.05, 0.1) is 17.8 Å². The van der Waals surface area contributed by atoms with Gasteiger partial charge in [-0.25, -0.2) is 0 Å². The zero-order valence-electron chi connectivity index (χ0n) is 19.9. The zero-order chi connectivity index (χ0) is 21.7. The van der Waals surface area contributed by atoms with E-state index in [1.54, 1.807) is 0 Å². The summed E-state index contributed by atoms with van der Waals surface area (Å²) in [4.78, 5) is 2.81. The van der Waals surface area contributed by atoms with Gasteiger partial charge in [0, 0.05) is 19.1 Å². The Kier molecular flexibility index (Phi) is 4.94. The quantitative estimate of drug-likeness (QED) is 0.547. The molecule has 0 radical (unpaired) electrons. The van der Waals surface area contributed by atoms with E-state index in [1.807, 2.05) is 0 Å². The van der Waals surface area contributed by atoms with E-state index >= 15 is 0 Å². The summed E-state index contributed by atoms with van der Waals surface area (Å²) in [5.41, 5.74) is -0.503. The maximum atomic E-state index is 12.3. The van der Waals surface area contributed by atoms with Gasteiger partial charge in [0.25, 0.3) is 0 Å². The van der Waals surface area contributed by atoms with E-state index in [0.29, 0.717) is 17.8 Å². The second kappa shape index (κ2) is 7.17. The highest BCUT2D eigenvalue weighted by Gasteiger charge is 2.67. The van der Waals surface area contributed by atoms with Crippen molar-refractivity contribution in [2.45, 2.75) is 102 Å². The van der Waals surface area contributed by atoms with Crippen molar-refractivity contribution in [3.8, 4) is 0 Å². The molecule has 0 amide bonds. The van der Waals surface area contributed by atoms with Crippen molar-refractivity contribution >= 4 is 0 Å². The fraction of sp³-hybridized carbons (Fsp3) is 1.00. The molecular weight excluding hydrogens is 386 g/mol. The molecular formula is C27H45NO3. The summed E-state index contributed by atoms with van der Waals surface area (Å²) < 4.78 is 0. The molecule has 176 valence electrons. The molecule has 6 fully saturated rings. The molecule has 4 nitrogen and oxygen atoms in total. The fourth-order valence-corrected chi connectivity index (χ4v) is 10.6.